The number of halogens is 3. The minimum absolute atomic E-state index is 0.265. The lowest BCUT2D eigenvalue weighted by Crippen LogP contribution is -2.44. The van der Waals surface area contributed by atoms with Crippen LogP contribution in [0, 0.1) is 0 Å². The van der Waals surface area contributed by atoms with Crippen molar-refractivity contribution in [2.45, 2.75) is 11.8 Å². The molecule has 0 saturated carbocycles. The average molecular weight is 296 g/mol. The molecule has 1 aromatic heterocycles. The highest BCUT2D eigenvalue weighted by Gasteiger charge is 2.57. The van der Waals surface area contributed by atoms with Gasteiger partial charge in [-0.2, -0.15) is 13.2 Å². The topological polar surface area (TPSA) is 36.4 Å². The molecule has 2 rings (SSSR count). The fraction of sp³-hybridized carbons (Fsp3) is 0.267. The summed E-state index contributed by atoms with van der Waals surface area (Å²) in [6.45, 7) is 0. The molecule has 21 heavy (non-hydrogen) atoms. The molecule has 0 radical (unpaired) electrons. The number of hydrogen-bond donors (Lipinski definition) is 1. The minimum atomic E-state index is -4.87. The van der Waals surface area contributed by atoms with Crippen LogP contribution in [0.2, 0.25) is 0 Å². The van der Waals surface area contributed by atoms with Crippen LogP contribution in [0.15, 0.2) is 48.7 Å². The van der Waals surface area contributed by atoms with Gasteiger partial charge in [-0.05, 0) is 29.8 Å². The molecular weight excluding hydrogens is 281 g/mol. The van der Waals surface area contributed by atoms with Gasteiger partial charge in [-0.15, -0.1) is 0 Å². The van der Waals surface area contributed by atoms with E-state index in [0.29, 0.717) is 0 Å². The normalized spacial score (nSPS) is 14.6. The first-order valence-electron chi connectivity index (χ1n) is 6.25. The van der Waals surface area contributed by atoms with E-state index in [1.807, 2.05) is 0 Å². The van der Waals surface area contributed by atoms with Crippen LogP contribution in [-0.4, -0.2) is 30.4 Å². The monoisotopic (exact) mass is 296 g/mol. The molecule has 1 N–H and O–H groups in total. The molecule has 1 atom stereocenters. The fourth-order valence-corrected chi connectivity index (χ4v) is 2.03. The molecule has 0 amide bonds. The Balaban J connectivity index is 2.56. The number of nitrogens with zero attached hydrogens (tertiary/aromatic N) is 2. The number of benzene rings is 1. The second kappa shape index (κ2) is 5.37. The predicted molar refractivity (Wildman–Crippen MR) is 74.1 cm³/mol. The van der Waals surface area contributed by atoms with Crippen LogP contribution in [0.1, 0.15) is 11.3 Å². The van der Waals surface area contributed by atoms with Crippen molar-refractivity contribution >= 4 is 5.69 Å². The van der Waals surface area contributed by atoms with Crippen LogP contribution >= 0.6 is 0 Å². The van der Waals surface area contributed by atoms with Crippen molar-refractivity contribution < 1.29 is 18.3 Å². The van der Waals surface area contributed by atoms with E-state index in [9.17, 15) is 18.3 Å². The maximum atomic E-state index is 13.4. The van der Waals surface area contributed by atoms with Gasteiger partial charge in [-0.1, -0.05) is 18.2 Å². The van der Waals surface area contributed by atoms with Gasteiger partial charge < -0.3 is 10.0 Å². The van der Waals surface area contributed by atoms with E-state index in [4.69, 9.17) is 0 Å². The van der Waals surface area contributed by atoms with Gasteiger partial charge in [0.15, 0.2) is 0 Å². The van der Waals surface area contributed by atoms with Crippen LogP contribution in [0.5, 0.6) is 0 Å². The molecule has 0 aliphatic carbocycles. The number of hydrogen-bond acceptors (Lipinski definition) is 3. The standard InChI is InChI=1S/C15H15F3N2O/c1-20(2)12-8-6-11(7-9-12)14(21,15(16,17)18)13-5-3-4-10-19-13/h3-10,21H,1-2H3. The van der Waals surface area contributed by atoms with Crippen molar-refractivity contribution in [1.82, 2.24) is 4.98 Å². The number of rotatable bonds is 3. The van der Waals surface area contributed by atoms with E-state index in [0.717, 1.165) is 11.8 Å². The molecule has 0 aliphatic heterocycles. The SMILES string of the molecule is CN(C)c1ccc(C(O)(c2ccccn2)C(F)(F)F)cc1. The number of anilines is 1. The van der Waals surface area contributed by atoms with E-state index >= 15 is 0 Å². The lowest BCUT2D eigenvalue weighted by Gasteiger charge is -2.30. The van der Waals surface area contributed by atoms with Crippen LogP contribution in [0.4, 0.5) is 18.9 Å². The van der Waals surface area contributed by atoms with Crippen molar-refractivity contribution in [3.8, 4) is 0 Å². The molecule has 0 spiro atoms. The smallest absolute Gasteiger partial charge is 0.378 e. The average Bonchev–Trinajstić information content (AvgIpc) is 2.46. The highest BCUT2D eigenvalue weighted by molar-refractivity contribution is 5.48. The summed E-state index contributed by atoms with van der Waals surface area (Å²) in [6, 6.07) is 9.63. The van der Waals surface area contributed by atoms with E-state index in [1.54, 1.807) is 19.0 Å². The Morgan fingerprint density at radius 1 is 1.00 bits per heavy atom. The lowest BCUT2D eigenvalue weighted by atomic mass is 9.89. The van der Waals surface area contributed by atoms with E-state index in [2.05, 4.69) is 4.98 Å². The first kappa shape index (κ1) is 15.3. The Labute approximate surface area is 120 Å². The van der Waals surface area contributed by atoms with E-state index in [-0.39, 0.29) is 5.56 Å². The van der Waals surface area contributed by atoms with Crippen molar-refractivity contribution in [3.63, 3.8) is 0 Å². The summed E-state index contributed by atoms with van der Waals surface area (Å²) in [6.07, 6.45) is -3.65. The molecule has 112 valence electrons. The minimum Gasteiger partial charge on any atom is -0.378 e. The van der Waals surface area contributed by atoms with Crippen LogP contribution < -0.4 is 4.90 Å². The fourth-order valence-electron chi connectivity index (χ4n) is 2.03. The first-order chi connectivity index (χ1) is 9.76. The Hall–Kier alpha value is -2.08. The van der Waals surface area contributed by atoms with Crippen molar-refractivity contribution in [2.24, 2.45) is 0 Å². The van der Waals surface area contributed by atoms with Crippen LogP contribution in [-0.2, 0) is 5.60 Å². The zero-order valence-electron chi connectivity index (χ0n) is 11.6. The first-order valence-corrected chi connectivity index (χ1v) is 6.25. The molecule has 0 fully saturated rings. The summed E-state index contributed by atoms with van der Waals surface area (Å²) in [5, 5.41) is 10.3. The summed E-state index contributed by atoms with van der Waals surface area (Å²) in [4.78, 5) is 5.43. The Kier molecular flexibility index (Phi) is 3.91. The second-order valence-corrected chi connectivity index (χ2v) is 4.86. The van der Waals surface area contributed by atoms with Gasteiger partial charge in [0, 0.05) is 26.0 Å². The van der Waals surface area contributed by atoms with E-state index < -0.39 is 17.5 Å². The molecule has 6 heteroatoms. The number of pyridine rings is 1. The van der Waals surface area contributed by atoms with Crippen molar-refractivity contribution in [1.29, 1.82) is 0 Å². The largest absolute Gasteiger partial charge is 0.427 e. The Morgan fingerprint density at radius 3 is 2.05 bits per heavy atom. The zero-order valence-corrected chi connectivity index (χ0v) is 11.6. The Morgan fingerprint density at radius 2 is 1.62 bits per heavy atom. The molecule has 3 nitrogen and oxygen atoms in total. The summed E-state index contributed by atoms with van der Waals surface area (Å²) >= 11 is 0. The lowest BCUT2D eigenvalue weighted by molar-refractivity contribution is -0.249. The van der Waals surface area contributed by atoms with Gasteiger partial charge >= 0.3 is 6.18 Å². The quantitative estimate of drug-likeness (QED) is 0.946. The van der Waals surface area contributed by atoms with Crippen LogP contribution in [0.3, 0.4) is 0 Å². The molecule has 0 saturated heterocycles. The molecule has 0 bridgehead atoms. The second-order valence-electron chi connectivity index (χ2n) is 4.86. The van der Waals surface area contributed by atoms with Gasteiger partial charge in [0.1, 0.15) is 0 Å². The third-order valence-corrected chi connectivity index (χ3v) is 3.25. The molecule has 1 heterocycles. The zero-order chi connectivity index (χ0) is 15.7. The summed E-state index contributed by atoms with van der Waals surface area (Å²) in [5.41, 5.74) is -3.10. The number of alkyl halides is 3. The highest BCUT2D eigenvalue weighted by atomic mass is 19.4. The summed E-state index contributed by atoms with van der Waals surface area (Å²) < 4.78 is 40.3. The summed E-state index contributed by atoms with van der Waals surface area (Å²) in [7, 11) is 3.56. The third-order valence-electron chi connectivity index (χ3n) is 3.25. The summed E-state index contributed by atoms with van der Waals surface area (Å²) in [5.74, 6) is 0. The number of aromatic nitrogens is 1. The molecule has 2 aromatic rings. The number of aliphatic hydroxyl groups is 1. The van der Waals surface area contributed by atoms with Gasteiger partial charge in [0.05, 0.1) is 5.69 Å². The van der Waals surface area contributed by atoms with Gasteiger partial charge in [0.2, 0.25) is 5.60 Å². The van der Waals surface area contributed by atoms with Gasteiger partial charge in [-0.3, -0.25) is 4.98 Å². The van der Waals surface area contributed by atoms with E-state index in [1.165, 1.54) is 42.6 Å². The predicted octanol–water partition coefficient (Wildman–Crippen LogP) is 2.95. The van der Waals surface area contributed by atoms with Crippen molar-refractivity contribution in [3.05, 3.63) is 59.9 Å². The van der Waals surface area contributed by atoms with Gasteiger partial charge in [0.25, 0.3) is 0 Å². The Bertz CT molecular complexity index is 597. The van der Waals surface area contributed by atoms with Gasteiger partial charge in [-0.25, -0.2) is 0 Å². The molecule has 0 aliphatic rings. The van der Waals surface area contributed by atoms with Crippen LogP contribution in [0.25, 0.3) is 0 Å². The molecule has 1 aromatic carbocycles. The van der Waals surface area contributed by atoms with Crippen molar-refractivity contribution in [2.75, 3.05) is 19.0 Å². The maximum Gasteiger partial charge on any atom is 0.427 e. The maximum absolute atomic E-state index is 13.4. The third kappa shape index (κ3) is 2.71. The molecule has 1 unspecified atom stereocenters. The highest BCUT2D eigenvalue weighted by Crippen LogP contribution is 2.43. The molecular formula is C15H15F3N2O.